The summed E-state index contributed by atoms with van der Waals surface area (Å²) in [6, 6.07) is 3.75. The van der Waals surface area contributed by atoms with Crippen LogP contribution in [0, 0.1) is 5.92 Å². The zero-order chi connectivity index (χ0) is 14.4. The maximum atomic E-state index is 5.88. The predicted octanol–water partition coefficient (Wildman–Crippen LogP) is 3.61. The van der Waals surface area contributed by atoms with Gasteiger partial charge in [0.2, 0.25) is 5.88 Å². The van der Waals surface area contributed by atoms with Crippen molar-refractivity contribution in [1.82, 2.24) is 4.98 Å². The first-order valence-corrected chi connectivity index (χ1v) is 7.46. The van der Waals surface area contributed by atoms with E-state index in [0.717, 1.165) is 18.8 Å². The number of hydrogen-bond donors (Lipinski definition) is 2. The molecule has 1 heterocycles. The van der Waals surface area contributed by atoms with E-state index in [2.05, 4.69) is 30.2 Å². The van der Waals surface area contributed by atoms with E-state index in [1.807, 2.05) is 12.1 Å². The molecule has 4 heteroatoms. The standard InChI is InChI=1S/C16H25N3O/c1-12(2)11-20-16-14(17)7-8-15(19-16)18-10-9-13-5-3-4-6-13/h5,7-8,12H,3-4,6,9-11,17H2,1-2H3,(H,18,19). The molecule has 0 amide bonds. The van der Waals surface area contributed by atoms with E-state index in [9.17, 15) is 0 Å². The maximum Gasteiger partial charge on any atom is 0.239 e. The Balaban J connectivity index is 1.86. The van der Waals surface area contributed by atoms with Gasteiger partial charge in [-0.2, -0.15) is 4.98 Å². The number of nitrogens with one attached hydrogen (secondary N) is 1. The Hall–Kier alpha value is -1.71. The van der Waals surface area contributed by atoms with Crippen molar-refractivity contribution in [3.05, 3.63) is 23.8 Å². The van der Waals surface area contributed by atoms with Crippen LogP contribution in [0.15, 0.2) is 23.8 Å². The first-order valence-electron chi connectivity index (χ1n) is 7.46. The molecule has 110 valence electrons. The summed E-state index contributed by atoms with van der Waals surface area (Å²) in [6.07, 6.45) is 7.24. The molecule has 1 aromatic rings. The van der Waals surface area contributed by atoms with Gasteiger partial charge in [0.25, 0.3) is 0 Å². The van der Waals surface area contributed by atoms with E-state index in [1.54, 1.807) is 5.57 Å². The monoisotopic (exact) mass is 275 g/mol. The van der Waals surface area contributed by atoms with Crippen molar-refractivity contribution in [2.45, 2.75) is 39.5 Å². The molecule has 0 fully saturated rings. The van der Waals surface area contributed by atoms with E-state index >= 15 is 0 Å². The van der Waals surface area contributed by atoms with Gasteiger partial charge < -0.3 is 15.8 Å². The van der Waals surface area contributed by atoms with E-state index in [0.29, 0.717) is 24.1 Å². The molecule has 1 aliphatic rings. The average molecular weight is 275 g/mol. The highest BCUT2D eigenvalue weighted by atomic mass is 16.5. The molecule has 0 saturated heterocycles. The summed E-state index contributed by atoms with van der Waals surface area (Å²) >= 11 is 0. The fourth-order valence-electron chi connectivity index (χ4n) is 2.23. The molecule has 3 N–H and O–H groups in total. The van der Waals surface area contributed by atoms with Crippen molar-refractivity contribution in [3.8, 4) is 5.88 Å². The Kier molecular flexibility index (Phi) is 5.27. The lowest BCUT2D eigenvalue weighted by atomic mass is 10.2. The second kappa shape index (κ2) is 7.17. The highest BCUT2D eigenvalue weighted by Crippen LogP contribution is 2.23. The third-order valence-electron chi connectivity index (χ3n) is 3.33. The van der Waals surface area contributed by atoms with Crippen LogP contribution in [0.4, 0.5) is 11.5 Å². The zero-order valence-electron chi connectivity index (χ0n) is 12.5. The molecule has 0 saturated carbocycles. The summed E-state index contributed by atoms with van der Waals surface area (Å²) in [6.45, 7) is 5.75. The summed E-state index contributed by atoms with van der Waals surface area (Å²) in [4.78, 5) is 4.43. The molecule has 20 heavy (non-hydrogen) atoms. The Morgan fingerprint density at radius 2 is 2.25 bits per heavy atom. The minimum absolute atomic E-state index is 0.460. The number of nitrogens with two attached hydrogens (primary N) is 1. The van der Waals surface area contributed by atoms with Crippen LogP contribution in [0.3, 0.4) is 0 Å². The van der Waals surface area contributed by atoms with Crippen molar-refractivity contribution in [2.24, 2.45) is 5.92 Å². The SMILES string of the molecule is CC(C)COc1nc(NCCC2=CCCC2)ccc1N. The first-order chi connectivity index (χ1) is 9.65. The van der Waals surface area contributed by atoms with Crippen LogP contribution in [0.2, 0.25) is 0 Å². The Morgan fingerprint density at radius 1 is 1.40 bits per heavy atom. The van der Waals surface area contributed by atoms with Gasteiger partial charge in [-0.1, -0.05) is 25.5 Å². The smallest absolute Gasteiger partial charge is 0.239 e. The third-order valence-corrected chi connectivity index (χ3v) is 3.33. The Bertz CT molecular complexity index is 469. The van der Waals surface area contributed by atoms with Crippen molar-refractivity contribution in [2.75, 3.05) is 24.2 Å². The van der Waals surface area contributed by atoms with Gasteiger partial charge >= 0.3 is 0 Å². The number of pyridine rings is 1. The van der Waals surface area contributed by atoms with E-state index in [1.165, 1.54) is 19.3 Å². The molecular weight excluding hydrogens is 250 g/mol. The quantitative estimate of drug-likeness (QED) is 0.746. The van der Waals surface area contributed by atoms with E-state index < -0.39 is 0 Å². The number of hydrogen-bond acceptors (Lipinski definition) is 4. The lowest BCUT2D eigenvalue weighted by molar-refractivity contribution is 0.263. The average Bonchev–Trinajstić information content (AvgIpc) is 2.92. The predicted molar refractivity (Wildman–Crippen MR) is 84.0 cm³/mol. The number of allylic oxidation sites excluding steroid dienone is 1. The van der Waals surface area contributed by atoms with Crippen LogP contribution in [0.25, 0.3) is 0 Å². The van der Waals surface area contributed by atoms with Gasteiger partial charge in [0.1, 0.15) is 5.82 Å². The molecule has 1 aliphatic carbocycles. The van der Waals surface area contributed by atoms with Crippen LogP contribution in [0.5, 0.6) is 5.88 Å². The lowest BCUT2D eigenvalue weighted by Crippen LogP contribution is -2.09. The van der Waals surface area contributed by atoms with Crippen LogP contribution < -0.4 is 15.8 Å². The van der Waals surface area contributed by atoms with Gasteiger partial charge in [-0.05, 0) is 43.7 Å². The molecule has 4 nitrogen and oxygen atoms in total. The summed E-state index contributed by atoms with van der Waals surface area (Å²) in [5.41, 5.74) is 8.03. The maximum absolute atomic E-state index is 5.88. The summed E-state index contributed by atoms with van der Waals surface area (Å²) in [7, 11) is 0. The number of aromatic nitrogens is 1. The van der Waals surface area contributed by atoms with E-state index in [4.69, 9.17) is 10.5 Å². The van der Waals surface area contributed by atoms with Gasteiger partial charge in [-0.15, -0.1) is 0 Å². The Morgan fingerprint density at radius 3 is 2.95 bits per heavy atom. The van der Waals surface area contributed by atoms with Crippen LogP contribution in [-0.2, 0) is 0 Å². The minimum Gasteiger partial charge on any atom is -0.476 e. The number of nitrogen functional groups attached to an aromatic ring is 1. The molecule has 0 aromatic carbocycles. The van der Waals surface area contributed by atoms with Crippen molar-refractivity contribution in [1.29, 1.82) is 0 Å². The van der Waals surface area contributed by atoms with Crippen molar-refractivity contribution < 1.29 is 4.74 Å². The van der Waals surface area contributed by atoms with Crippen LogP contribution in [0.1, 0.15) is 39.5 Å². The van der Waals surface area contributed by atoms with Crippen LogP contribution >= 0.6 is 0 Å². The third kappa shape index (κ3) is 4.44. The topological polar surface area (TPSA) is 60.2 Å². The van der Waals surface area contributed by atoms with E-state index in [-0.39, 0.29) is 0 Å². The number of ether oxygens (including phenoxy) is 1. The lowest BCUT2D eigenvalue weighted by Gasteiger charge is -2.12. The second-order valence-corrected chi connectivity index (χ2v) is 5.73. The summed E-state index contributed by atoms with van der Waals surface area (Å²) in [5, 5.41) is 3.34. The van der Waals surface area contributed by atoms with Gasteiger partial charge in [0.05, 0.1) is 12.3 Å². The minimum atomic E-state index is 0.460. The number of rotatable bonds is 7. The molecule has 0 unspecified atom stereocenters. The molecule has 2 rings (SSSR count). The van der Waals surface area contributed by atoms with Gasteiger partial charge in [0, 0.05) is 6.54 Å². The highest BCUT2D eigenvalue weighted by molar-refractivity contribution is 5.53. The summed E-state index contributed by atoms with van der Waals surface area (Å²) < 4.78 is 5.63. The second-order valence-electron chi connectivity index (χ2n) is 5.73. The van der Waals surface area contributed by atoms with Gasteiger partial charge in [-0.3, -0.25) is 0 Å². The molecule has 0 atom stereocenters. The molecular formula is C16H25N3O. The zero-order valence-corrected chi connectivity index (χ0v) is 12.5. The highest BCUT2D eigenvalue weighted by Gasteiger charge is 2.07. The summed E-state index contributed by atoms with van der Waals surface area (Å²) in [5.74, 6) is 1.82. The molecule has 0 bridgehead atoms. The van der Waals surface area contributed by atoms with Crippen molar-refractivity contribution >= 4 is 11.5 Å². The largest absolute Gasteiger partial charge is 0.476 e. The Labute approximate surface area is 121 Å². The fourth-order valence-corrected chi connectivity index (χ4v) is 2.23. The molecule has 0 spiro atoms. The van der Waals surface area contributed by atoms with Gasteiger partial charge in [0.15, 0.2) is 0 Å². The number of anilines is 2. The normalized spacial score (nSPS) is 14.4. The van der Waals surface area contributed by atoms with Crippen molar-refractivity contribution in [3.63, 3.8) is 0 Å². The van der Waals surface area contributed by atoms with Gasteiger partial charge in [-0.25, -0.2) is 0 Å². The number of nitrogens with zero attached hydrogens (tertiary/aromatic N) is 1. The first kappa shape index (κ1) is 14.7. The molecule has 0 aliphatic heterocycles. The molecule has 1 aromatic heterocycles. The fraction of sp³-hybridized carbons (Fsp3) is 0.562. The molecule has 0 radical (unpaired) electrons. The van der Waals surface area contributed by atoms with Crippen LogP contribution in [-0.4, -0.2) is 18.1 Å².